The quantitative estimate of drug-likeness (QED) is 0.692. The van der Waals surface area contributed by atoms with Crippen LogP contribution in [0.5, 0.6) is 5.75 Å². The molecule has 88 valence electrons. The van der Waals surface area contributed by atoms with E-state index in [2.05, 4.69) is 5.32 Å². The van der Waals surface area contributed by atoms with E-state index in [9.17, 15) is 13.6 Å². The monoisotopic (exact) mass is 231 g/mol. The molecule has 0 saturated carbocycles. The molecule has 0 aliphatic carbocycles. The SMILES string of the molecule is CCC(Nc1cc(F)c(O)cc1F)C(=O)O. The van der Waals surface area contributed by atoms with Crippen LogP contribution in [0.2, 0.25) is 0 Å². The summed E-state index contributed by atoms with van der Waals surface area (Å²) < 4.78 is 26.1. The van der Waals surface area contributed by atoms with Gasteiger partial charge in [-0.05, 0) is 6.42 Å². The number of phenols is 1. The lowest BCUT2D eigenvalue weighted by Gasteiger charge is -2.14. The molecule has 1 rings (SSSR count). The summed E-state index contributed by atoms with van der Waals surface area (Å²) >= 11 is 0. The zero-order chi connectivity index (χ0) is 12.3. The van der Waals surface area contributed by atoms with Crippen molar-refractivity contribution in [1.29, 1.82) is 0 Å². The van der Waals surface area contributed by atoms with Crippen LogP contribution in [0.25, 0.3) is 0 Å². The van der Waals surface area contributed by atoms with Crippen LogP contribution < -0.4 is 5.32 Å². The minimum absolute atomic E-state index is 0.220. The molecule has 16 heavy (non-hydrogen) atoms. The van der Waals surface area contributed by atoms with Crippen molar-refractivity contribution in [2.75, 3.05) is 5.32 Å². The second-order valence-electron chi connectivity index (χ2n) is 3.23. The summed E-state index contributed by atoms with van der Waals surface area (Å²) in [4.78, 5) is 10.7. The fraction of sp³-hybridized carbons (Fsp3) is 0.300. The van der Waals surface area contributed by atoms with E-state index in [1.54, 1.807) is 6.92 Å². The van der Waals surface area contributed by atoms with Crippen LogP contribution in [0.1, 0.15) is 13.3 Å². The Bertz CT molecular complexity index is 409. The Hall–Kier alpha value is -1.85. The molecule has 1 atom stereocenters. The number of anilines is 1. The van der Waals surface area contributed by atoms with Gasteiger partial charge in [-0.15, -0.1) is 0 Å². The van der Waals surface area contributed by atoms with Crippen LogP contribution in [0.15, 0.2) is 12.1 Å². The molecule has 3 N–H and O–H groups in total. The van der Waals surface area contributed by atoms with Gasteiger partial charge >= 0.3 is 5.97 Å². The van der Waals surface area contributed by atoms with Crippen LogP contribution in [-0.4, -0.2) is 22.2 Å². The minimum atomic E-state index is -1.16. The topological polar surface area (TPSA) is 69.6 Å². The summed E-state index contributed by atoms with van der Waals surface area (Å²) in [7, 11) is 0. The van der Waals surface area contributed by atoms with Crippen molar-refractivity contribution in [3.63, 3.8) is 0 Å². The first-order valence-corrected chi connectivity index (χ1v) is 4.63. The molecule has 6 heteroatoms. The number of aromatic hydroxyl groups is 1. The van der Waals surface area contributed by atoms with E-state index in [0.29, 0.717) is 6.07 Å². The standard InChI is InChI=1S/C10H11F2NO3/c1-2-7(10(15)16)13-8-3-6(12)9(14)4-5(8)11/h3-4,7,13-14H,2H2,1H3,(H,15,16). The Morgan fingerprint density at radius 1 is 1.44 bits per heavy atom. The Kier molecular flexibility index (Phi) is 3.65. The van der Waals surface area contributed by atoms with Crippen LogP contribution >= 0.6 is 0 Å². The number of aliphatic carboxylic acids is 1. The highest BCUT2D eigenvalue weighted by Crippen LogP contribution is 2.24. The Balaban J connectivity index is 2.96. The maximum absolute atomic E-state index is 13.2. The van der Waals surface area contributed by atoms with E-state index in [1.165, 1.54) is 0 Å². The highest BCUT2D eigenvalue weighted by Gasteiger charge is 2.17. The lowest BCUT2D eigenvalue weighted by atomic mass is 10.2. The van der Waals surface area contributed by atoms with Crippen molar-refractivity contribution >= 4 is 11.7 Å². The molecule has 0 aromatic heterocycles. The molecule has 1 aromatic rings. The van der Waals surface area contributed by atoms with E-state index in [1.807, 2.05) is 0 Å². The first-order chi connectivity index (χ1) is 7.45. The first-order valence-electron chi connectivity index (χ1n) is 4.63. The number of halogens is 2. The fourth-order valence-corrected chi connectivity index (χ4v) is 1.17. The van der Waals surface area contributed by atoms with Crippen LogP contribution in [0.3, 0.4) is 0 Å². The fourth-order valence-electron chi connectivity index (χ4n) is 1.17. The number of carboxylic acids is 1. The van der Waals surface area contributed by atoms with Crippen molar-refractivity contribution in [2.45, 2.75) is 19.4 Å². The van der Waals surface area contributed by atoms with Gasteiger partial charge in [0.25, 0.3) is 0 Å². The molecule has 0 spiro atoms. The molecular formula is C10H11F2NO3. The molecule has 0 radical (unpaired) electrons. The van der Waals surface area contributed by atoms with Crippen molar-refractivity contribution in [2.24, 2.45) is 0 Å². The van der Waals surface area contributed by atoms with E-state index in [4.69, 9.17) is 10.2 Å². The molecule has 0 bridgehead atoms. The number of hydrogen-bond acceptors (Lipinski definition) is 3. The molecule has 1 aromatic carbocycles. The first kappa shape index (κ1) is 12.2. The third-order valence-corrected chi connectivity index (χ3v) is 2.07. The van der Waals surface area contributed by atoms with Crippen molar-refractivity contribution in [3.05, 3.63) is 23.8 Å². The second-order valence-corrected chi connectivity index (χ2v) is 3.23. The van der Waals surface area contributed by atoms with Gasteiger partial charge in [0, 0.05) is 12.1 Å². The number of rotatable bonds is 4. The van der Waals surface area contributed by atoms with Crippen LogP contribution in [-0.2, 0) is 4.79 Å². The number of carbonyl (C=O) groups is 1. The van der Waals surface area contributed by atoms with Crippen LogP contribution in [0, 0.1) is 11.6 Å². The van der Waals surface area contributed by atoms with Gasteiger partial charge in [0.2, 0.25) is 0 Å². The lowest BCUT2D eigenvalue weighted by Crippen LogP contribution is -2.28. The van der Waals surface area contributed by atoms with E-state index in [0.717, 1.165) is 6.07 Å². The molecule has 0 aliphatic heterocycles. The summed E-state index contributed by atoms with van der Waals surface area (Å²) in [5.74, 6) is -3.88. The maximum atomic E-state index is 13.2. The van der Waals surface area contributed by atoms with Crippen LogP contribution in [0.4, 0.5) is 14.5 Å². The third kappa shape index (κ3) is 2.59. The van der Waals surface area contributed by atoms with Gasteiger partial charge in [0.05, 0.1) is 5.69 Å². The molecule has 0 aliphatic rings. The number of hydrogen-bond donors (Lipinski definition) is 3. The average molecular weight is 231 g/mol. The van der Waals surface area contributed by atoms with Crippen molar-refractivity contribution in [3.8, 4) is 5.75 Å². The van der Waals surface area contributed by atoms with Gasteiger partial charge < -0.3 is 15.5 Å². The Morgan fingerprint density at radius 2 is 2.06 bits per heavy atom. The summed E-state index contributed by atoms with van der Waals surface area (Å²) in [6, 6.07) is 0.307. The number of nitrogens with one attached hydrogen (secondary N) is 1. The highest BCUT2D eigenvalue weighted by atomic mass is 19.1. The normalized spacial score (nSPS) is 12.2. The second kappa shape index (κ2) is 4.78. The molecular weight excluding hydrogens is 220 g/mol. The molecule has 0 heterocycles. The van der Waals surface area contributed by atoms with E-state index in [-0.39, 0.29) is 12.1 Å². The Morgan fingerprint density at radius 3 is 2.56 bits per heavy atom. The van der Waals surface area contributed by atoms with E-state index < -0.39 is 29.4 Å². The Labute approximate surface area is 90.5 Å². The average Bonchev–Trinajstić information content (AvgIpc) is 2.21. The number of benzene rings is 1. The minimum Gasteiger partial charge on any atom is -0.505 e. The third-order valence-electron chi connectivity index (χ3n) is 2.07. The molecule has 0 fully saturated rings. The zero-order valence-corrected chi connectivity index (χ0v) is 8.50. The predicted molar refractivity (Wildman–Crippen MR) is 53.4 cm³/mol. The summed E-state index contributed by atoms with van der Waals surface area (Å²) in [5.41, 5.74) is -0.287. The van der Waals surface area contributed by atoms with E-state index >= 15 is 0 Å². The lowest BCUT2D eigenvalue weighted by molar-refractivity contribution is -0.137. The van der Waals surface area contributed by atoms with Gasteiger partial charge in [0.15, 0.2) is 11.6 Å². The van der Waals surface area contributed by atoms with Crippen molar-refractivity contribution < 1.29 is 23.8 Å². The number of phenolic OH excluding ortho intramolecular Hbond substituents is 1. The van der Waals surface area contributed by atoms with Gasteiger partial charge in [-0.1, -0.05) is 6.92 Å². The largest absolute Gasteiger partial charge is 0.505 e. The van der Waals surface area contributed by atoms with Crippen molar-refractivity contribution in [1.82, 2.24) is 0 Å². The van der Waals surface area contributed by atoms with Gasteiger partial charge in [-0.2, -0.15) is 0 Å². The molecule has 4 nitrogen and oxygen atoms in total. The van der Waals surface area contributed by atoms with Gasteiger partial charge in [0.1, 0.15) is 11.9 Å². The summed E-state index contributed by atoms with van der Waals surface area (Å²) in [6.45, 7) is 1.60. The maximum Gasteiger partial charge on any atom is 0.326 e. The van der Waals surface area contributed by atoms with Gasteiger partial charge in [-0.3, -0.25) is 0 Å². The summed E-state index contributed by atoms with van der Waals surface area (Å²) in [6.07, 6.45) is 0.220. The molecule has 1 unspecified atom stereocenters. The summed E-state index contributed by atoms with van der Waals surface area (Å²) in [5, 5.41) is 19.9. The molecule has 0 amide bonds. The number of carboxylic acid groups (broad SMARTS) is 1. The zero-order valence-electron chi connectivity index (χ0n) is 8.50. The molecule has 0 saturated heterocycles. The highest BCUT2D eigenvalue weighted by molar-refractivity contribution is 5.77. The predicted octanol–water partition coefficient (Wildman–Crippen LogP) is 1.95. The smallest absolute Gasteiger partial charge is 0.326 e. The van der Waals surface area contributed by atoms with Gasteiger partial charge in [-0.25, -0.2) is 13.6 Å².